The van der Waals surface area contributed by atoms with Crippen LogP contribution in [0.1, 0.15) is 11.1 Å². The van der Waals surface area contributed by atoms with Crippen molar-refractivity contribution in [2.45, 2.75) is 12.6 Å². The molecule has 1 aromatic heterocycles. The second kappa shape index (κ2) is 7.55. The summed E-state index contributed by atoms with van der Waals surface area (Å²) in [4.78, 5) is 25.4. The SMILES string of the molecule is Nc1ccc(CC(CP(=O)(O)Cc2ccccc2F)C(=O)O)cn1. The fourth-order valence-corrected chi connectivity index (χ4v) is 4.26. The highest BCUT2D eigenvalue weighted by Crippen LogP contribution is 2.47. The highest BCUT2D eigenvalue weighted by atomic mass is 31.2. The van der Waals surface area contributed by atoms with E-state index in [2.05, 4.69) is 4.98 Å². The van der Waals surface area contributed by atoms with Crippen molar-refractivity contribution in [3.63, 3.8) is 0 Å². The molecule has 128 valence electrons. The van der Waals surface area contributed by atoms with Gasteiger partial charge in [0.2, 0.25) is 7.37 Å². The smallest absolute Gasteiger partial charge is 0.307 e. The zero-order valence-electron chi connectivity index (χ0n) is 12.8. The molecule has 0 aliphatic heterocycles. The first kappa shape index (κ1) is 18.1. The number of hydrogen-bond donors (Lipinski definition) is 3. The summed E-state index contributed by atoms with van der Waals surface area (Å²) >= 11 is 0. The molecule has 0 bridgehead atoms. The molecule has 2 rings (SSSR count). The third-order valence-electron chi connectivity index (χ3n) is 3.56. The summed E-state index contributed by atoms with van der Waals surface area (Å²) in [7, 11) is -3.86. The van der Waals surface area contributed by atoms with E-state index in [1.165, 1.54) is 30.5 Å². The number of benzene rings is 1. The molecule has 0 aliphatic rings. The molecule has 6 nitrogen and oxygen atoms in total. The van der Waals surface area contributed by atoms with Crippen LogP contribution in [0.4, 0.5) is 10.2 Å². The van der Waals surface area contributed by atoms with Crippen LogP contribution in [0.2, 0.25) is 0 Å². The number of aromatic nitrogens is 1. The normalized spacial score (nSPS) is 14.8. The number of carboxylic acid groups (broad SMARTS) is 1. The Balaban J connectivity index is 2.11. The van der Waals surface area contributed by atoms with Crippen LogP contribution in [0.5, 0.6) is 0 Å². The third-order valence-corrected chi connectivity index (χ3v) is 5.41. The molecular formula is C16H18FN2O4P. The first-order valence-electron chi connectivity index (χ1n) is 7.24. The summed E-state index contributed by atoms with van der Waals surface area (Å²) in [6.07, 6.45) is 0.638. The van der Waals surface area contributed by atoms with Crippen LogP contribution in [0.25, 0.3) is 0 Å². The Bertz CT molecular complexity index is 767. The molecule has 0 saturated carbocycles. The van der Waals surface area contributed by atoms with Gasteiger partial charge in [-0.3, -0.25) is 9.36 Å². The Morgan fingerprint density at radius 3 is 2.58 bits per heavy atom. The van der Waals surface area contributed by atoms with Gasteiger partial charge in [-0.05, 0) is 29.7 Å². The number of carbonyl (C=O) groups is 1. The lowest BCUT2D eigenvalue weighted by atomic mass is 10.0. The van der Waals surface area contributed by atoms with Crippen LogP contribution in [0.3, 0.4) is 0 Å². The number of pyridine rings is 1. The number of nitrogen functional groups attached to an aromatic ring is 1. The van der Waals surface area contributed by atoms with E-state index in [0.717, 1.165) is 0 Å². The van der Waals surface area contributed by atoms with Gasteiger partial charge in [-0.25, -0.2) is 9.37 Å². The number of hydrogen-bond acceptors (Lipinski definition) is 4. The first-order chi connectivity index (χ1) is 11.3. The predicted molar refractivity (Wildman–Crippen MR) is 88.3 cm³/mol. The molecule has 0 spiro atoms. The van der Waals surface area contributed by atoms with Gasteiger partial charge in [0.1, 0.15) is 11.6 Å². The highest BCUT2D eigenvalue weighted by Gasteiger charge is 2.30. The highest BCUT2D eigenvalue weighted by molar-refractivity contribution is 7.57. The van der Waals surface area contributed by atoms with Crippen molar-refractivity contribution in [1.29, 1.82) is 0 Å². The number of rotatable bonds is 7. The van der Waals surface area contributed by atoms with Crippen LogP contribution in [-0.4, -0.2) is 27.1 Å². The maximum Gasteiger partial charge on any atom is 0.307 e. The fraction of sp³-hybridized carbons (Fsp3) is 0.250. The van der Waals surface area contributed by atoms with Crippen molar-refractivity contribution in [1.82, 2.24) is 4.98 Å². The van der Waals surface area contributed by atoms with Gasteiger partial charge >= 0.3 is 5.97 Å². The Morgan fingerprint density at radius 2 is 2.00 bits per heavy atom. The summed E-state index contributed by atoms with van der Waals surface area (Å²) in [6, 6.07) is 8.81. The van der Waals surface area contributed by atoms with Crippen molar-refractivity contribution in [3.05, 3.63) is 59.5 Å². The number of nitrogens with zero attached hydrogens (tertiary/aromatic N) is 1. The van der Waals surface area contributed by atoms with Gasteiger partial charge < -0.3 is 15.7 Å². The van der Waals surface area contributed by atoms with Gasteiger partial charge in [0.15, 0.2) is 0 Å². The van der Waals surface area contributed by atoms with Gasteiger partial charge in [-0.2, -0.15) is 0 Å². The van der Waals surface area contributed by atoms with Gasteiger partial charge in [-0.15, -0.1) is 0 Å². The van der Waals surface area contributed by atoms with Crippen LogP contribution in [0, 0.1) is 11.7 Å². The molecule has 24 heavy (non-hydrogen) atoms. The minimum absolute atomic E-state index is 0.0461. The fourth-order valence-electron chi connectivity index (χ4n) is 2.37. The molecule has 4 N–H and O–H groups in total. The second-order valence-corrected chi connectivity index (χ2v) is 7.98. The minimum Gasteiger partial charge on any atom is -0.481 e. The van der Waals surface area contributed by atoms with E-state index < -0.39 is 37.4 Å². The quantitative estimate of drug-likeness (QED) is 0.660. The number of carboxylic acids is 1. The average molecular weight is 352 g/mol. The molecule has 0 fully saturated rings. The Hall–Kier alpha value is -2.24. The molecule has 0 radical (unpaired) electrons. The van der Waals surface area contributed by atoms with Crippen molar-refractivity contribution < 1.29 is 23.7 Å². The zero-order valence-corrected chi connectivity index (χ0v) is 13.7. The van der Waals surface area contributed by atoms with Crippen LogP contribution in [0.15, 0.2) is 42.6 Å². The Morgan fingerprint density at radius 1 is 1.29 bits per heavy atom. The van der Waals surface area contributed by atoms with E-state index in [9.17, 15) is 23.7 Å². The summed E-state index contributed by atoms with van der Waals surface area (Å²) in [5.41, 5.74) is 6.17. The molecule has 2 atom stereocenters. The van der Waals surface area contributed by atoms with E-state index in [1.807, 2.05) is 0 Å². The summed E-state index contributed by atoms with van der Waals surface area (Å²) in [5.74, 6) is -2.54. The predicted octanol–water partition coefficient (Wildman–Crippen LogP) is 2.52. The Labute approximate surface area is 138 Å². The van der Waals surface area contributed by atoms with Crippen molar-refractivity contribution in [3.8, 4) is 0 Å². The van der Waals surface area contributed by atoms with E-state index in [-0.39, 0.29) is 12.0 Å². The lowest BCUT2D eigenvalue weighted by Crippen LogP contribution is -2.21. The first-order valence-corrected chi connectivity index (χ1v) is 9.27. The van der Waals surface area contributed by atoms with Gasteiger partial charge in [0.05, 0.1) is 12.1 Å². The molecular weight excluding hydrogens is 334 g/mol. The van der Waals surface area contributed by atoms with Crippen LogP contribution < -0.4 is 5.73 Å². The van der Waals surface area contributed by atoms with E-state index in [1.54, 1.807) is 12.1 Å². The van der Waals surface area contributed by atoms with E-state index in [0.29, 0.717) is 11.4 Å². The summed E-state index contributed by atoms with van der Waals surface area (Å²) < 4.78 is 26.0. The molecule has 1 aromatic carbocycles. The molecule has 2 unspecified atom stereocenters. The topological polar surface area (TPSA) is 114 Å². The number of halogens is 1. The van der Waals surface area contributed by atoms with Gasteiger partial charge in [-0.1, -0.05) is 24.3 Å². The molecule has 8 heteroatoms. The number of aliphatic carboxylic acids is 1. The van der Waals surface area contributed by atoms with Gasteiger partial charge in [0, 0.05) is 12.4 Å². The number of nitrogens with two attached hydrogens (primary N) is 1. The maximum atomic E-state index is 13.6. The van der Waals surface area contributed by atoms with E-state index >= 15 is 0 Å². The van der Waals surface area contributed by atoms with Crippen molar-refractivity contribution in [2.75, 3.05) is 11.9 Å². The lowest BCUT2D eigenvalue weighted by molar-refractivity contribution is -0.141. The molecule has 0 amide bonds. The zero-order chi connectivity index (χ0) is 17.7. The minimum atomic E-state index is -3.86. The molecule has 0 aliphatic carbocycles. The summed E-state index contributed by atoms with van der Waals surface area (Å²) in [5, 5.41) is 9.32. The number of anilines is 1. The van der Waals surface area contributed by atoms with Crippen molar-refractivity contribution in [2.24, 2.45) is 5.92 Å². The van der Waals surface area contributed by atoms with E-state index in [4.69, 9.17) is 5.73 Å². The molecule has 0 saturated heterocycles. The lowest BCUT2D eigenvalue weighted by Gasteiger charge is -2.17. The van der Waals surface area contributed by atoms with Crippen LogP contribution in [-0.2, 0) is 21.9 Å². The average Bonchev–Trinajstić information content (AvgIpc) is 2.50. The van der Waals surface area contributed by atoms with Crippen molar-refractivity contribution >= 4 is 19.2 Å². The largest absolute Gasteiger partial charge is 0.481 e. The maximum absolute atomic E-state index is 13.6. The summed E-state index contributed by atoms with van der Waals surface area (Å²) in [6.45, 7) is 0. The standard InChI is InChI=1S/C16H18FN2O4P/c17-14-4-2-1-3-12(14)9-24(22,23)10-13(16(20)21)7-11-5-6-15(18)19-8-11/h1-6,8,13H,7,9-10H2,(H2,18,19)(H,20,21)(H,22,23). The third kappa shape index (κ3) is 5.15. The Kier molecular flexibility index (Phi) is 5.70. The monoisotopic (exact) mass is 352 g/mol. The van der Waals surface area contributed by atoms with Crippen LogP contribution >= 0.6 is 7.37 Å². The van der Waals surface area contributed by atoms with Gasteiger partial charge in [0.25, 0.3) is 0 Å². The second-order valence-electron chi connectivity index (χ2n) is 5.61. The molecule has 1 heterocycles. The molecule has 2 aromatic rings.